The quantitative estimate of drug-likeness (QED) is 0.894. The minimum Gasteiger partial charge on any atom is -0.359 e. The summed E-state index contributed by atoms with van der Waals surface area (Å²) >= 11 is 6.25. The number of pyridine rings is 1. The molecule has 0 aliphatic heterocycles. The molecule has 112 valence electrons. The molecular formula is C16H26ClN3. The van der Waals surface area contributed by atoms with Crippen molar-refractivity contribution >= 4 is 17.4 Å². The van der Waals surface area contributed by atoms with E-state index in [4.69, 9.17) is 11.6 Å². The molecule has 1 saturated carbocycles. The number of hydrogen-bond donors (Lipinski definition) is 1. The molecule has 1 aliphatic carbocycles. The van der Waals surface area contributed by atoms with Crippen molar-refractivity contribution in [1.29, 1.82) is 0 Å². The van der Waals surface area contributed by atoms with Crippen molar-refractivity contribution in [2.45, 2.75) is 52.1 Å². The zero-order valence-corrected chi connectivity index (χ0v) is 13.8. The average molecular weight is 296 g/mol. The van der Waals surface area contributed by atoms with Crippen molar-refractivity contribution in [1.82, 2.24) is 10.3 Å². The van der Waals surface area contributed by atoms with E-state index >= 15 is 0 Å². The topological polar surface area (TPSA) is 28.2 Å². The molecule has 1 fully saturated rings. The van der Waals surface area contributed by atoms with Gasteiger partial charge in [0.1, 0.15) is 5.82 Å². The maximum Gasteiger partial charge on any atom is 0.128 e. The molecule has 0 saturated heterocycles. The summed E-state index contributed by atoms with van der Waals surface area (Å²) in [6.07, 6.45) is 5.87. The molecule has 0 unspecified atom stereocenters. The molecule has 20 heavy (non-hydrogen) atoms. The highest BCUT2D eigenvalue weighted by molar-refractivity contribution is 6.31. The molecule has 0 amide bonds. The Morgan fingerprint density at radius 3 is 2.65 bits per heavy atom. The second-order valence-corrected chi connectivity index (χ2v) is 7.32. The molecule has 1 aromatic heterocycles. The lowest BCUT2D eigenvalue weighted by molar-refractivity contribution is 0.321. The first kappa shape index (κ1) is 15.6. The molecule has 1 N–H and O–H groups in total. The third-order valence-electron chi connectivity index (χ3n) is 3.88. The van der Waals surface area contributed by atoms with Gasteiger partial charge in [-0.25, -0.2) is 4.98 Å². The predicted molar refractivity (Wildman–Crippen MR) is 86.5 cm³/mol. The number of rotatable bonds is 5. The molecule has 0 atom stereocenters. The van der Waals surface area contributed by atoms with Crippen LogP contribution < -0.4 is 10.2 Å². The Labute approximate surface area is 127 Å². The van der Waals surface area contributed by atoms with Gasteiger partial charge < -0.3 is 10.2 Å². The van der Waals surface area contributed by atoms with Gasteiger partial charge in [0.2, 0.25) is 0 Å². The van der Waals surface area contributed by atoms with E-state index in [-0.39, 0.29) is 5.54 Å². The van der Waals surface area contributed by atoms with Crippen LogP contribution in [0.25, 0.3) is 0 Å². The monoisotopic (exact) mass is 295 g/mol. The van der Waals surface area contributed by atoms with Crippen molar-refractivity contribution in [2.24, 2.45) is 5.92 Å². The summed E-state index contributed by atoms with van der Waals surface area (Å²) in [4.78, 5) is 6.71. The van der Waals surface area contributed by atoms with Crippen LogP contribution in [0.4, 0.5) is 5.82 Å². The minimum atomic E-state index is 0.0879. The van der Waals surface area contributed by atoms with Gasteiger partial charge in [-0.3, -0.25) is 0 Å². The number of anilines is 1. The number of nitrogens with one attached hydrogen (secondary N) is 1. The second-order valence-electron chi connectivity index (χ2n) is 6.91. The molecule has 3 nitrogen and oxygen atoms in total. The van der Waals surface area contributed by atoms with Gasteiger partial charge in [0.05, 0.1) is 5.02 Å². The van der Waals surface area contributed by atoms with Crippen LogP contribution in [0, 0.1) is 5.92 Å². The van der Waals surface area contributed by atoms with Crippen LogP contribution in [0.2, 0.25) is 5.02 Å². The van der Waals surface area contributed by atoms with Gasteiger partial charge in [-0.1, -0.05) is 18.0 Å². The number of aromatic nitrogens is 1. The fourth-order valence-electron chi connectivity index (χ4n) is 2.33. The summed E-state index contributed by atoms with van der Waals surface area (Å²) in [5.74, 6) is 1.86. The molecule has 2 rings (SSSR count). The van der Waals surface area contributed by atoms with Crippen molar-refractivity contribution in [3.05, 3.63) is 22.8 Å². The van der Waals surface area contributed by atoms with Crippen molar-refractivity contribution in [3.63, 3.8) is 0 Å². The van der Waals surface area contributed by atoms with E-state index in [2.05, 4.69) is 49.1 Å². The fraction of sp³-hybridized carbons (Fsp3) is 0.688. The lowest BCUT2D eigenvalue weighted by Crippen LogP contribution is -2.35. The first-order valence-electron chi connectivity index (χ1n) is 7.46. The zero-order chi connectivity index (χ0) is 14.8. The normalized spacial score (nSPS) is 16.1. The van der Waals surface area contributed by atoms with Crippen LogP contribution in [0.15, 0.2) is 12.3 Å². The third-order valence-corrected chi connectivity index (χ3v) is 4.22. The molecule has 0 spiro atoms. The molecule has 1 heterocycles. The zero-order valence-electron chi connectivity index (χ0n) is 13.0. The highest BCUT2D eigenvalue weighted by atomic mass is 35.5. The van der Waals surface area contributed by atoms with Crippen LogP contribution in [-0.2, 0) is 6.54 Å². The lowest BCUT2D eigenvalue weighted by Gasteiger charge is -2.31. The van der Waals surface area contributed by atoms with Crippen LogP contribution in [0.1, 0.15) is 45.6 Å². The third kappa shape index (κ3) is 4.35. The fourth-order valence-corrected chi connectivity index (χ4v) is 2.50. The van der Waals surface area contributed by atoms with Gasteiger partial charge in [-0.2, -0.15) is 0 Å². The van der Waals surface area contributed by atoms with Crippen LogP contribution in [0.5, 0.6) is 0 Å². The maximum atomic E-state index is 6.25. The van der Waals surface area contributed by atoms with Crippen molar-refractivity contribution in [2.75, 3.05) is 18.5 Å². The Morgan fingerprint density at radius 1 is 1.40 bits per heavy atom. The molecular weight excluding hydrogens is 270 g/mol. The number of hydrogen-bond acceptors (Lipinski definition) is 3. The Bertz CT molecular complexity index is 450. The largest absolute Gasteiger partial charge is 0.359 e. The highest BCUT2D eigenvalue weighted by Gasteiger charge is 2.20. The number of nitrogens with zero attached hydrogens (tertiary/aromatic N) is 2. The Kier molecular flexibility index (Phi) is 4.92. The standard InChI is InChI=1S/C16H26ClN3/c1-16(2,3)19-9-13-8-15(18-10-14(13)17)20(4)11-12-6-5-7-12/h8,10,12,19H,5-7,9,11H2,1-4H3. The van der Waals surface area contributed by atoms with Gasteiger partial charge in [0.15, 0.2) is 0 Å². The van der Waals surface area contributed by atoms with E-state index in [1.54, 1.807) is 6.20 Å². The smallest absolute Gasteiger partial charge is 0.128 e. The van der Waals surface area contributed by atoms with E-state index in [1.807, 2.05) is 0 Å². The summed E-state index contributed by atoms with van der Waals surface area (Å²) in [5, 5.41) is 4.22. The molecule has 0 bridgehead atoms. The average Bonchev–Trinajstić information content (AvgIpc) is 2.31. The van der Waals surface area contributed by atoms with Gasteiger partial charge in [-0.05, 0) is 51.2 Å². The highest BCUT2D eigenvalue weighted by Crippen LogP contribution is 2.28. The SMILES string of the molecule is CN(CC1CCC1)c1cc(CNC(C)(C)C)c(Cl)cn1. The Morgan fingerprint density at radius 2 is 2.10 bits per heavy atom. The summed E-state index contributed by atoms with van der Waals surface area (Å²) < 4.78 is 0. The van der Waals surface area contributed by atoms with Crippen LogP contribution in [-0.4, -0.2) is 24.1 Å². The molecule has 0 aromatic carbocycles. The van der Waals surface area contributed by atoms with E-state index in [0.29, 0.717) is 0 Å². The Balaban J connectivity index is 2.02. The van der Waals surface area contributed by atoms with Crippen molar-refractivity contribution in [3.8, 4) is 0 Å². The lowest BCUT2D eigenvalue weighted by atomic mass is 9.85. The first-order valence-corrected chi connectivity index (χ1v) is 7.83. The van der Waals surface area contributed by atoms with Crippen LogP contribution in [0.3, 0.4) is 0 Å². The van der Waals surface area contributed by atoms with E-state index in [1.165, 1.54) is 19.3 Å². The van der Waals surface area contributed by atoms with E-state index < -0.39 is 0 Å². The minimum absolute atomic E-state index is 0.0879. The van der Waals surface area contributed by atoms with E-state index in [9.17, 15) is 0 Å². The summed E-state index contributed by atoms with van der Waals surface area (Å²) in [7, 11) is 2.12. The molecule has 0 radical (unpaired) electrons. The summed E-state index contributed by atoms with van der Waals surface area (Å²) in [6.45, 7) is 8.35. The Hall–Kier alpha value is -0.800. The summed E-state index contributed by atoms with van der Waals surface area (Å²) in [6, 6.07) is 2.11. The van der Waals surface area contributed by atoms with Crippen molar-refractivity contribution < 1.29 is 0 Å². The van der Waals surface area contributed by atoms with Crippen LogP contribution >= 0.6 is 11.6 Å². The molecule has 1 aliphatic rings. The van der Waals surface area contributed by atoms with Gasteiger partial charge >= 0.3 is 0 Å². The van der Waals surface area contributed by atoms with Gasteiger partial charge in [0.25, 0.3) is 0 Å². The first-order chi connectivity index (χ1) is 9.35. The molecule has 4 heteroatoms. The van der Waals surface area contributed by atoms with Gasteiger partial charge in [0, 0.05) is 31.9 Å². The number of halogens is 1. The van der Waals surface area contributed by atoms with Gasteiger partial charge in [-0.15, -0.1) is 0 Å². The second kappa shape index (κ2) is 6.31. The predicted octanol–water partition coefficient (Wildman–Crippen LogP) is 3.86. The summed E-state index contributed by atoms with van der Waals surface area (Å²) in [5.41, 5.74) is 1.21. The van der Waals surface area contributed by atoms with E-state index in [0.717, 1.165) is 35.4 Å². The maximum absolute atomic E-state index is 6.25. The molecule has 1 aromatic rings.